The van der Waals surface area contributed by atoms with Crippen LogP contribution in [-0.2, 0) is 0 Å². The lowest BCUT2D eigenvalue weighted by atomic mass is 9.93. The predicted octanol–water partition coefficient (Wildman–Crippen LogP) is 4.00. The second-order valence-corrected chi connectivity index (χ2v) is 5.55. The zero-order chi connectivity index (χ0) is 18.0. The number of anilines is 1. The van der Waals surface area contributed by atoms with E-state index in [1.165, 1.54) is 12.1 Å². The maximum atomic E-state index is 11.5. The molecular weight excluding hydrogens is 318 g/mol. The molecule has 0 heterocycles. The summed E-state index contributed by atoms with van der Waals surface area (Å²) in [5.41, 5.74) is 9.02. The number of hydrogen-bond acceptors (Lipinski definition) is 3. The first-order chi connectivity index (χ1) is 12.0. The molecule has 4 N–H and O–H groups in total. The lowest BCUT2D eigenvalue weighted by Gasteiger charge is -2.12. The molecule has 0 atom stereocenters. The molecule has 0 aliphatic carbocycles. The number of nitrogens with two attached hydrogens (primary N) is 1. The molecule has 0 spiro atoms. The third-order valence-electron chi connectivity index (χ3n) is 3.89. The van der Waals surface area contributed by atoms with E-state index in [2.05, 4.69) is 0 Å². The summed E-state index contributed by atoms with van der Waals surface area (Å²) >= 11 is 0. The number of nitrogen functional groups attached to an aromatic ring is 1. The summed E-state index contributed by atoms with van der Waals surface area (Å²) in [4.78, 5) is 22.9. The summed E-state index contributed by atoms with van der Waals surface area (Å²) in [6.45, 7) is 0. The van der Waals surface area contributed by atoms with E-state index in [9.17, 15) is 19.8 Å². The Morgan fingerprint density at radius 1 is 0.680 bits per heavy atom. The highest BCUT2D eigenvalue weighted by Gasteiger charge is 2.15. The summed E-state index contributed by atoms with van der Waals surface area (Å²) < 4.78 is 0. The highest BCUT2D eigenvalue weighted by atomic mass is 16.4. The standard InChI is InChI=1S/C20H15NO4/c21-14-10-12(15-5-1-3-7-17(15)19(22)23)9-13(11-14)16-6-2-4-8-18(16)20(24)25/h1-11H,21H2,(H,22,23)(H,24,25). The monoisotopic (exact) mass is 333 g/mol. The first-order valence-electron chi connectivity index (χ1n) is 7.53. The van der Waals surface area contributed by atoms with E-state index in [0.717, 1.165) is 0 Å². The van der Waals surface area contributed by atoms with Gasteiger partial charge in [0.05, 0.1) is 11.1 Å². The Morgan fingerprint density at radius 3 is 1.48 bits per heavy atom. The van der Waals surface area contributed by atoms with Crippen LogP contribution in [0.2, 0.25) is 0 Å². The zero-order valence-electron chi connectivity index (χ0n) is 13.1. The largest absolute Gasteiger partial charge is 0.478 e. The first kappa shape index (κ1) is 16.3. The van der Waals surface area contributed by atoms with Crippen molar-refractivity contribution < 1.29 is 19.8 Å². The van der Waals surface area contributed by atoms with Gasteiger partial charge < -0.3 is 15.9 Å². The quantitative estimate of drug-likeness (QED) is 0.627. The van der Waals surface area contributed by atoms with Crippen LogP contribution in [0.5, 0.6) is 0 Å². The molecule has 0 fully saturated rings. The highest BCUT2D eigenvalue weighted by molar-refractivity contribution is 5.99. The second-order valence-electron chi connectivity index (χ2n) is 5.55. The number of rotatable bonds is 4. The first-order valence-corrected chi connectivity index (χ1v) is 7.53. The molecule has 0 amide bonds. The van der Waals surface area contributed by atoms with Crippen molar-refractivity contribution in [2.45, 2.75) is 0 Å². The van der Waals surface area contributed by atoms with E-state index >= 15 is 0 Å². The molecule has 3 aromatic rings. The maximum Gasteiger partial charge on any atom is 0.336 e. The molecule has 0 aromatic heterocycles. The van der Waals surface area contributed by atoms with Crippen LogP contribution in [-0.4, -0.2) is 22.2 Å². The SMILES string of the molecule is Nc1cc(-c2ccccc2C(=O)O)cc(-c2ccccc2C(=O)O)c1. The second kappa shape index (κ2) is 6.49. The molecular formula is C20H15NO4. The predicted molar refractivity (Wildman–Crippen MR) is 95.6 cm³/mol. The molecule has 0 unspecified atom stereocenters. The molecule has 0 saturated carbocycles. The van der Waals surface area contributed by atoms with Gasteiger partial charge >= 0.3 is 11.9 Å². The Balaban J connectivity index is 2.22. The van der Waals surface area contributed by atoms with Crippen molar-refractivity contribution in [2.75, 3.05) is 5.73 Å². The number of hydrogen-bond donors (Lipinski definition) is 3. The van der Waals surface area contributed by atoms with Crippen molar-refractivity contribution in [3.05, 3.63) is 77.9 Å². The van der Waals surface area contributed by atoms with Gasteiger partial charge in [-0.25, -0.2) is 9.59 Å². The van der Waals surface area contributed by atoms with Crippen LogP contribution < -0.4 is 5.73 Å². The Kier molecular flexibility index (Phi) is 4.22. The molecule has 0 aliphatic heterocycles. The molecule has 124 valence electrons. The molecule has 0 bridgehead atoms. The van der Waals surface area contributed by atoms with Crippen LogP contribution >= 0.6 is 0 Å². The minimum absolute atomic E-state index is 0.158. The Hall–Kier alpha value is -3.60. The minimum Gasteiger partial charge on any atom is -0.478 e. The van der Waals surface area contributed by atoms with Crippen LogP contribution in [0, 0.1) is 0 Å². The normalized spacial score (nSPS) is 10.4. The van der Waals surface area contributed by atoms with Crippen molar-refractivity contribution in [3.63, 3.8) is 0 Å². The van der Waals surface area contributed by atoms with E-state index in [1.54, 1.807) is 54.6 Å². The van der Waals surface area contributed by atoms with Crippen molar-refractivity contribution in [3.8, 4) is 22.3 Å². The van der Waals surface area contributed by atoms with E-state index in [4.69, 9.17) is 5.73 Å². The van der Waals surface area contributed by atoms with E-state index in [0.29, 0.717) is 27.9 Å². The summed E-state index contributed by atoms with van der Waals surface area (Å²) in [6, 6.07) is 18.3. The lowest BCUT2D eigenvalue weighted by Crippen LogP contribution is -2.01. The molecule has 5 heteroatoms. The van der Waals surface area contributed by atoms with Crippen LogP contribution in [0.1, 0.15) is 20.7 Å². The van der Waals surface area contributed by atoms with Gasteiger partial charge in [0, 0.05) is 5.69 Å². The Morgan fingerprint density at radius 2 is 1.08 bits per heavy atom. The van der Waals surface area contributed by atoms with Gasteiger partial charge in [0.2, 0.25) is 0 Å². The van der Waals surface area contributed by atoms with Crippen LogP contribution in [0.3, 0.4) is 0 Å². The van der Waals surface area contributed by atoms with Crippen LogP contribution in [0.15, 0.2) is 66.7 Å². The van der Waals surface area contributed by atoms with E-state index in [-0.39, 0.29) is 11.1 Å². The fourth-order valence-electron chi connectivity index (χ4n) is 2.81. The van der Waals surface area contributed by atoms with Gasteiger partial charge in [0.15, 0.2) is 0 Å². The average Bonchev–Trinajstić information content (AvgIpc) is 2.61. The molecule has 5 nitrogen and oxygen atoms in total. The summed E-state index contributed by atoms with van der Waals surface area (Å²) in [5.74, 6) is -2.07. The van der Waals surface area contributed by atoms with E-state index in [1.807, 2.05) is 0 Å². The lowest BCUT2D eigenvalue weighted by molar-refractivity contribution is 0.0687. The molecule has 3 rings (SSSR count). The third-order valence-corrected chi connectivity index (χ3v) is 3.89. The number of carboxylic acids is 2. The highest BCUT2D eigenvalue weighted by Crippen LogP contribution is 2.32. The summed E-state index contributed by atoms with van der Waals surface area (Å²) in [5, 5.41) is 18.8. The van der Waals surface area contributed by atoms with Crippen LogP contribution in [0.25, 0.3) is 22.3 Å². The smallest absolute Gasteiger partial charge is 0.336 e. The third kappa shape index (κ3) is 3.21. The van der Waals surface area contributed by atoms with E-state index < -0.39 is 11.9 Å². The van der Waals surface area contributed by atoms with Gasteiger partial charge in [-0.1, -0.05) is 36.4 Å². The van der Waals surface area contributed by atoms with Crippen molar-refractivity contribution in [2.24, 2.45) is 0 Å². The van der Waals surface area contributed by atoms with Gasteiger partial charge in [-0.3, -0.25) is 0 Å². The zero-order valence-corrected chi connectivity index (χ0v) is 13.1. The molecule has 25 heavy (non-hydrogen) atoms. The Labute approximate surface area is 144 Å². The summed E-state index contributed by atoms with van der Waals surface area (Å²) in [6.07, 6.45) is 0. The minimum atomic E-state index is -1.04. The van der Waals surface area contributed by atoms with Crippen molar-refractivity contribution in [1.29, 1.82) is 0 Å². The fraction of sp³-hybridized carbons (Fsp3) is 0. The molecule has 0 aliphatic rings. The van der Waals surface area contributed by atoms with Gasteiger partial charge in [0.1, 0.15) is 0 Å². The topological polar surface area (TPSA) is 101 Å². The van der Waals surface area contributed by atoms with Crippen LogP contribution in [0.4, 0.5) is 5.69 Å². The fourth-order valence-corrected chi connectivity index (χ4v) is 2.81. The van der Waals surface area contributed by atoms with Gasteiger partial charge in [-0.2, -0.15) is 0 Å². The van der Waals surface area contributed by atoms with Gasteiger partial charge in [0.25, 0.3) is 0 Å². The van der Waals surface area contributed by atoms with Gasteiger partial charge in [-0.15, -0.1) is 0 Å². The molecule has 0 saturated heterocycles. The van der Waals surface area contributed by atoms with Gasteiger partial charge in [-0.05, 0) is 52.6 Å². The Bertz CT molecular complexity index is 903. The van der Waals surface area contributed by atoms with Crippen molar-refractivity contribution in [1.82, 2.24) is 0 Å². The number of carbonyl (C=O) groups is 2. The van der Waals surface area contributed by atoms with Crippen molar-refractivity contribution >= 4 is 17.6 Å². The number of benzene rings is 3. The molecule has 0 radical (unpaired) electrons. The number of carboxylic acid groups (broad SMARTS) is 2. The maximum absolute atomic E-state index is 11.5. The number of aromatic carboxylic acids is 2. The average molecular weight is 333 g/mol. The summed E-state index contributed by atoms with van der Waals surface area (Å²) in [7, 11) is 0. The molecule has 3 aromatic carbocycles.